The van der Waals surface area contributed by atoms with E-state index in [4.69, 9.17) is 9.72 Å². The van der Waals surface area contributed by atoms with Crippen molar-refractivity contribution in [1.82, 2.24) is 9.38 Å². The Balaban J connectivity index is 1.60. The van der Waals surface area contributed by atoms with Crippen molar-refractivity contribution in [2.24, 2.45) is 0 Å². The third kappa shape index (κ3) is 2.69. The van der Waals surface area contributed by atoms with Gasteiger partial charge in [0.2, 0.25) is 0 Å². The molecule has 6 rings (SSSR count). The first-order valence-electron chi connectivity index (χ1n) is 10.1. The number of methoxy groups -OCH3 is 1. The van der Waals surface area contributed by atoms with Crippen LogP contribution in [0.5, 0.6) is 5.75 Å². The average Bonchev–Trinajstić information content (AvgIpc) is 3.21. The largest absolute Gasteiger partial charge is 0.497 e. The van der Waals surface area contributed by atoms with E-state index in [1.165, 1.54) is 0 Å². The molecule has 2 heterocycles. The predicted molar refractivity (Wildman–Crippen MR) is 124 cm³/mol. The van der Waals surface area contributed by atoms with Gasteiger partial charge in [-0.25, -0.2) is 4.98 Å². The zero-order valence-electron chi connectivity index (χ0n) is 16.9. The van der Waals surface area contributed by atoms with Crippen molar-refractivity contribution in [2.45, 2.75) is 0 Å². The van der Waals surface area contributed by atoms with Crippen LogP contribution in [0.3, 0.4) is 0 Å². The van der Waals surface area contributed by atoms with Gasteiger partial charge in [0.15, 0.2) is 5.78 Å². The molecule has 148 valence electrons. The number of ketones is 1. The van der Waals surface area contributed by atoms with Crippen LogP contribution in [-0.2, 0) is 0 Å². The van der Waals surface area contributed by atoms with Crippen molar-refractivity contribution in [3.05, 3.63) is 102 Å². The third-order valence-electron chi connectivity index (χ3n) is 5.87. The Morgan fingerprint density at radius 3 is 2.48 bits per heavy atom. The lowest BCUT2D eigenvalue weighted by Crippen LogP contribution is -2.03. The summed E-state index contributed by atoms with van der Waals surface area (Å²) in [6, 6.07) is 27.6. The number of hydrogen-bond acceptors (Lipinski definition) is 3. The Morgan fingerprint density at radius 2 is 1.61 bits per heavy atom. The number of aromatic nitrogens is 2. The van der Waals surface area contributed by atoms with Crippen LogP contribution in [-0.4, -0.2) is 22.3 Å². The summed E-state index contributed by atoms with van der Waals surface area (Å²) in [5.74, 6) is 0.803. The van der Waals surface area contributed by atoms with Gasteiger partial charge < -0.3 is 4.74 Å². The van der Waals surface area contributed by atoms with Crippen LogP contribution in [0.2, 0.25) is 0 Å². The minimum Gasteiger partial charge on any atom is -0.497 e. The van der Waals surface area contributed by atoms with Crippen molar-refractivity contribution >= 4 is 44.0 Å². The first kappa shape index (κ1) is 17.7. The molecule has 0 aliphatic rings. The van der Waals surface area contributed by atoms with Crippen LogP contribution >= 0.6 is 0 Å². The molecule has 4 nitrogen and oxygen atoms in total. The second-order valence-electron chi connectivity index (χ2n) is 7.64. The molecule has 0 aliphatic carbocycles. The molecule has 31 heavy (non-hydrogen) atoms. The molecule has 0 fully saturated rings. The molecule has 0 aliphatic heterocycles. The molecule has 0 saturated heterocycles. The van der Waals surface area contributed by atoms with E-state index in [0.717, 1.165) is 44.0 Å². The highest BCUT2D eigenvalue weighted by molar-refractivity contribution is 6.22. The Morgan fingerprint density at radius 1 is 0.839 bits per heavy atom. The second-order valence-corrected chi connectivity index (χ2v) is 7.64. The molecule has 0 amide bonds. The van der Waals surface area contributed by atoms with Gasteiger partial charge in [-0.2, -0.15) is 0 Å². The zero-order chi connectivity index (χ0) is 20.9. The lowest BCUT2D eigenvalue weighted by atomic mass is 9.95. The van der Waals surface area contributed by atoms with Crippen LogP contribution in [0.15, 0.2) is 91.1 Å². The summed E-state index contributed by atoms with van der Waals surface area (Å²) in [5, 5.41) is 3.95. The molecule has 2 aromatic heterocycles. The maximum absolute atomic E-state index is 13.7. The SMILES string of the molecule is COc1ccc2cc(C(=O)c3cc4c(nc5ccccn54)c4ccccc34)ccc2c1. The molecule has 0 bridgehead atoms. The van der Waals surface area contributed by atoms with Gasteiger partial charge >= 0.3 is 0 Å². The van der Waals surface area contributed by atoms with Crippen molar-refractivity contribution in [2.75, 3.05) is 7.11 Å². The van der Waals surface area contributed by atoms with Crippen molar-refractivity contribution in [3.8, 4) is 5.75 Å². The Bertz CT molecular complexity index is 1650. The Hall–Kier alpha value is -4.18. The molecule has 4 heteroatoms. The smallest absolute Gasteiger partial charge is 0.193 e. The fraction of sp³-hybridized carbons (Fsp3) is 0.0370. The Labute approximate surface area is 178 Å². The molecule has 0 spiro atoms. The monoisotopic (exact) mass is 402 g/mol. The number of fused-ring (bicyclic) bond motifs is 6. The first-order valence-corrected chi connectivity index (χ1v) is 10.1. The summed E-state index contributed by atoms with van der Waals surface area (Å²) in [6.45, 7) is 0. The van der Waals surface area contributed by atoms with Gasteiger partial charge in [-0.1, -0.05) is 48.5 Å². The van der Waals surface area contributed by atoms with Crippen molar-refractivity contribution in [3.63, 3.8) is 0 Å². The van der Waals surface area contributed by atoms with Crippen LogP contribution in [0.4, 0.5) is 0 Å². The lowest BCUT2D eigenvalue weighted by molar-refractivity contribution is 0.104. The maximum atomic E-state index is 13.7. The minimum absolute atomic E-state index is 0.00157. The van der Waals surface area contributed by atoms with E-state index in [-0.39, 0.29) is 5.78 Å². The highest BCUT2D eigenvalue weighted by Crippen LogP contribution is 2.31. The summed E-state index contributed by atoms with van der Waals surface area (Å²) >= 11 is 0. The number of hydrogen-bond donors (Lipinski definition) is 0. The maximum Gasteiger partial charge on any atom is 0.193 e. The van der Waals surface area contributed by atoms with Gasteiger partial charge in [-0.05, 0) is 52.6 Å². The van der Waals surface area contributed by atoms with E-state index in [1.807, 2.05) is 95.5 Å². The number of pyridine rings is 1. The standard InChI is InChI=1S/C27H18N2O2/c1-31-20-12-11-17-14-19(10-9-18(17)15-20)27(30)23-16-24-26(22-7-3-2-6-21(22)23)28-25-8-4-5-13-29(24)25/h2-16H,1H3. The summed E-state index contributed by atoms with van der Waals surface area (Å²) in [4.78, 5) is 18.5. The fourth-order valence-corrected chi connectivity index (χ4v) is 4.33. The van der Waals surface area contributed by atoms with Crippen molar-refractivity contribution < 1.29 is 9.53 Å². The van der Waals surface area contributed by atoms with Gasteiger partial charge in [-0.3, -0.25) is 9.20 Å². The minimum atomic E-state index is 0.00157. The van der Waals surface area contributed by atoms with Crippen LogP contribution in [0.25, 0.3) is 38.2 Å². The molecule has 6 aromatic rings. The number of carbonyl (C=O) groups excluding carboxylic acids is 1. The molecule has 4 aromatic carbocycles. The summed E-state index contributed by atoms with van der Waals surface area (Å²) in [5.41, 5.74) is 4.05. The number of nitrogens with zero attached hydrogens (tertiary/aromatic N) is 2. The number of ether oxygens (including phenoxy) is 1. The molecular weight excluding hydrogens is 384 g/mol. The molecule has 0 N–H and O–H groups in total. The fourth-order valence-electron chi connectivity index (χ4n) is 4.33. The van der Waals surface area contributed by atoms with E-state index < -0.39 is 0 Å². The summed E-state index contributed by atoms with van der Waals surface area (Å²) < 4.78 is 7.34. The third-order valence-corrected chi connectivity index (χ3v) is 5.87. The normalized spacial score (nSPS) is 11.5. The number of carbonyl (C=O) groups is 1. The van der Waals surface area contributed by atoms with Crippen LogP contribution < -0.4 is 4.74 Å². The summed E-state index contributed by atoms with van der Waals surface area (Å²) in [7, 11) is 1.65. The molecular formula is C27H18N2O2. The second kappa shape index (κ2) is 6.67. The van der Waals surface area contributed by atoms with Gasteiger partial charge in [0, 0.05) is 22.7 Å². The van der Waals surface area contributed by atoms with E-state index in [9.17, 15) is 4.79 Å². The molecule has 0 saturated carbocycles. The van der Waals surface area contributed by atoms with Gasteiger partial charge in [0.25, 0.3) is 0 Å². The molecule has 0 unspecified atom stereocenters. The topological polar surface area (TPSA) is 43.6 Å². The number of imidazole rings is 1. The Kier molecular flexibility index (Phi) is 3.80. The highest BCUT2D eigenvalue weighted by atomic mass is 16.5. The van der Waals surface area contributed by atoms with Crippen LogP contribution in [0.1, 0.15) is 15.9 Å². The highest BCUT2D eigenvalue weighted by Gasteiger charge is 2.18. The van der Waals surface area contributed by atoms with Gasteiger partial charge in [0.05, 0.1) is 18.1 Å². The quantitative estimate of drug-likeness (QED) is 0.339. The van der Waals surface area contributed by atoms with Gasteiger partial charge in [0.1, 0.15) is 11.4 Å². The average molecular weight is 402 g/mol. The number of benzene rings is 4. The van der Waals surface area contributed by atoms with E-state index in [1.54, 1.807) is 7.11 Å². The van der Waals surface area contributed by atoms with E-state index in [0.29, 0.717) is 11.1 Å². The van der Waals surface area contributed by atoms with E-state index >= 15 is 0 Å². The van der Waals surface area contributed by atoms with Crippen molar-refractivity contribution in [1.29, 1.82) is 0 Å². The van der Waals surface area contributed by atoms with Crippen LogP contribution in [0, 0.1) is 0 Å². The first-order chi connectivity index (χ1) is 15.2. The predicted octanol–water partition coefficient (Wildman–Crippen LogP) is 6.03. The van der Waals surface area contributed by atoms with Gasteiger partial charge in [-0.15, -0.1) is 0 Å². The zero-order valence-corrected chi connectivity index (χ0v) is 16.9. The number of rotatable bonds is 3. The summed E-state index contributed by atoms with van der Waals surface area (Å²) in [6.07, 6.45) is 1.98. The molecule has 0 atom stereocenters. The van der Waals surface area contributed by atoms with E-state index in [2.05, 4.69) is 0 Å². The molecule has 0 radical (unpaired) electrons. The lowest BCUT2D eigenvalue weighted by Gasteiger charge is -2.09.